The van der Waals surface area contributed by atoms with Gasteiger partial charge in [-0.1, -0.05) is 57.6 Å². The molecule has 0 bridgehead atoms. The highest BCUT2D eigenvalue weighted by molar-refractivity contribution is 6.74. The summed E-state index contributed by atoms with van der Waals surface area (Å²) in [5.74, 6) is 7.71. The van der Waals surface area contributed by atoms with Gasteiger partial charge in [-0.05, 0) is 68.8 Å². The van der Waals surface area contributed by atoms with Crippen LogP contribution in [0, 0.1) is 11.8 Å². The zero-order valence-corrected chi connectivity index (χ0v) is 23.8. The fourth-order valence-electron chi connectivity index (χ4n) is 3.70. The van der Waals surface area contributed by atoms with Crippen LogP contribution >= 0.6 is 0 Å². The molecule has 4 nitrogen and oxygen atoms in total. The van der Waals surface area contributed by atoms with Crippen molar-refractivity contribution in [2.24, 2.45) is 0 Å². The monoisotopic (exact) mass is 498 g/mol. The minimum absolute atomic E-state index is 0.0684. The van der Waals surface area contributed by atoms with Gasteiger partial charge in [-0.3, -0.25) is 0 Å². The fraction of sp³-hybridized carbons (Fsp3) is 0.600. The summed E-state index contributed by atoms with van der Waals surface area (Å²) >= 11 is 0. The zero-order valence-electron chi connectivity index (χ0n) is 22.8. The van der Waals surface area contributed by atoms with Gasteiger partial charge in [0.2, 0.25) is 0 Å². The Hall–Kier alpha value is -1.84. The van der Waals surface area contributed by atoms with Gasteiger partial charge in [-0.2, -0.15) is 0 Å². The Kier molecular flexibility index (Phi) is 11.8. The van der Waals surface area contributed by atoms with Crippen LogP contribution in [0.15, 0.2) is 43.5 Å². The van der Waals surface area contributed by atoms with Crippen molar-refractivity contribution >= 4 is 8.32 Å². The van der Waals surface area contributed by atoms with Crippen LogP contribution in [0.5, 0.6) is 5.75 Å². The summed E-state index contributed by atoms with van der Waals surface area (Å²) in [5, 5.41) is 0.0742. The fourth-order valence-corrected chi connectivity index (χ4v) is 4.83. The third kappa shape index (κ3) is 9.27. The third-order valence-corrected chi connectivity index (χ3v) is 11.2. The molecule has 0 radical (unpaired) electrons. The molecule has 0 spiro atoms. The average molecular weight is 499 g/mol. The first-order valence-electron chi connectivity index (χ1n) is 13.0. The predicted molar refractivity (Wildman–Crippen MR) is 148 cm³/mol. The van der Waals surface area contributed by atoms with Crippen LogP contribution in [0.4, 0.5) is 0 Å². The summed E-state index contributed by atoms with van der Waals surface area (Å²) in [6.45, 7) is 22.4. The molecule has 1 heterocycles. The maximum atomic E-state index is 6.87. The Labute approximate surface area is 215 Å². The predicted octanol–water partition coefficient (Wildman–Crippen LogP) is 7.76. The van der Waals surface area contributed by atoms with E-state index in [0.717, 1.165) is 49.2 Å². The van der Waals surface area contributed by atoms with Crippen molar-refractivity contribution in [3.05, 3.63) is 54.6 Å². The van der Waals surface area contributed by atoms with Crippen molar-refractivity contribution < 1.29 is 18.6 Å². The maximum Gasteiger partial charge on any atom is 0.194 e. The zero-order chi connectivity index (χ0) is 25.9. The van der Waals surface area contributed by atoms with E-state index in [-0.39, 0.29) is 23.5 Å². The van der Waals surface area contributed by atoms with E-state index >= 15 is 0 Å². The standard InChI is InChI=1S/C30H46O4Si/c1-9-16-25-26(18-15-20-27(25)31-22-10-2)28(34-35(7,8)30(4,5)6)19-12-11-17-24(3)33-29-21-13-14-23-32-29/h9-10,15,18,20,24,28-29H,1-2,11,13-14,16-17,21-23H2,3-8H3/t24-,28-,29?/m0/s1. The lowest BCUT2D eigenvalue weighted by molar-refractivity contribution is -0.185. The summed E-state index contributed by atoms with van der Waals surface area (Å²) in [6.07, 6.45) is 8.96. The second-order valence-corrected chi connectivity index (χ2v) is 15.5. The van der Waals surface area contributed by atoms with Crippen molar-refractivity contribution in [3.8, 4) is 17.6 Å². The van der Waals surface area contributed by atoms with Crippen LogP contribution in [0.25, 0.3) is 0 Å². The van der Waals surface area contributed by atoms with E-state index in [4.69, 9.17) is 18.6 Å². The van der Waals surface area contributed by atoms with E-state index in [9.17, 15) is 0 Å². The summed E-state index contributed by atoms with van der Waals surface area (Å²) in [6, 6.07) is 6.12. The summed E-state index contributed by atoms with van der Waals surface area (Å²) in [5.41, 5.74) is 2.14. The number of rotatable bonds is 12. The quantitative estimate of drug-likeness (QED) is 0.168. The van der Waals surface area contributed by atoms with Gasteiger partial charge in [0, 0.05) is 18.6 Å². The van der Waals surface area contributed by atoms with Gasteiger partial charge in [0.1, 0.15) is 18.5 Å². The first-order valence-corrected chi connectivity index (χ1v) is 15.9. The molecular weight excluding hydrogens is 452 g/mol. The van der Waals surface area contributed by atoms with Crippen LogP contribution < -0.4 is 4.74 Å². The Morgan fingerprint density at radius 3 is 2.60 bits per heavy atom. The summed E-state index contributed by atoms with van der Waals surface area (Å²) < 4.78 is 24.6. The lowest BCUT2D eigenvalue weighted by atomic mass is 9.98. The summed E-state index contributed by atoms with van der Waals surface area (Å²) in [7, 11) is -2.08. The number of ether oxygens (including phenoxy) is 3. The van der Waals surface area contributed by atoms with Crippen LogP contribution in [-0.4, -0.2) is 33.9 Å². The molecule has 194 valence electrons. The normalized spacial score (nSPS) is 18.2. The Morgan fingerprint density at radius 1 is 1.20 bits per heavy atom. The van der Waals surface area contributed by atoms with Gasteiger partial charge in [-0.15, -0.1) is 12.5 Å². The van der Waals surface area contributed by atoms with Crippen LogP contribution in [0.1, 0.15) is 77.0 Å². The molecule has 2 rings (SSSR count). The van der Waals surface area contributed by atoms with E-state index in [1.807, 2.05) is 18.2 Å². The number of hydrogen-bond acceptors (Lipinski definition) is 4. The Bertz CT molecular complexity index is 869. The maximum absolute atomic E-state index is 6.87. The van der Waals surface area contributed by atoms with Gasteiger partial charge in [-0.25, -0.2) is 0 Å². The molecule has 5 heteroatoms. The first-order chi connectivity index (χ1) is 16.6. The smallest absolute Gasteiger partial charge is 0.194 e. The van der Waals surface area contributed by atoms with E-state index < -0.39 is 8.32 Å². The Balaban J connectivity index is 2.25. The van der Waals surface area contributed by atoms with Gasteiger partial charge in [0.25, 0.3) is 0 Å². The number of allylic oxidation sites excluding steroid dienone is 1. The molecule has 1 aromatic rings. The lowest BCUT2D eigenvalue weighted by Crippen LogP contribution is -2.41. The Morgan fingerprint density at radius 2 is 1.97 bits per heavy atom. The second kappa shape index (κ2) is 14.0. The van der Waals surface area contributed by atoms with Crippen LogP contribution in [0.3, 0.4) is 0 Å². The van der Waals surface area contributed by atoms with Gasteiger partial charge in [0.05, 0.1) is 6.10 Å². The molecule has 0 aliphatic carbocycles. The van der Waals surface area contributed by atoms with Gasteiger partial charge >= 0.3 is 0 Å². The largest absolute Gasteiger partial charge is 0.489 e. The molecule has 1 fully saturated rings. The SMILES string of the molecule is C=CCOc1cccc([C@H](C#CCC[C@H](C)OC2CCCCO2)O[Si](C)(C)C(C)(C)C)c1CC=C. The molecule has 0 saturated carbocycles. The van der Waals surface area contributed by atoms with E-state index in [1.54, 1.807) is 6.08 Å². The summed E-state index contributed by atoms with van der Waals surface area (Å²) in [4.78, 5) is 0. The molecule has 0 aromatic heterocycles. The van der Waals surface area contributed by atoms with Gasteiger partial charge in [0.15, 0.2) is 14.6 Å². The second-order valence-electron chi connectivity index (χ2n) is 10.8. The minimum Gasteiger partial charge on any atom is -0.489 e. The van der Waals surface area contributed by atoms with Crippen LogP contribution in [0.2, 0.25) is 18.1 Å². The number of benzene rings is 1. The van der Waals surface area contributed by atoms with Crippen molar-refractivity contribution in [2.45, 2.75) is 103 Å². The van der Waals surface area contributed by atoms with Crippen molar-refractivity contribution in [3.63, 3.8) is 0 Å². The molecule has 1 aliphatic rings. The van der Waals surface area contributed by atoms with Gasteiger partial charge < -0.3 is 18.6 Å². The highest BCUT2D eigenvalue weighted by Gasteiger charge is 2.39. The minimum atomic E-state index is -2.08. The molecule has 0 amide bonds. The average Bonchev–Trinajstić information content (AvgIpc) is 2.80. The third-order valence-electron chi connectivity index (χ3n) is 6.81. The van der Waals surface area contributed by atoms with Crippen molar-refractivity contribution in [2.75, 3.05) is 13.2 Å². The topological polar surface area (TPSA) is 36.9 Å². The molecule has 1 saturated heterocycles. The molecule has 1 aromatic carbocycles. The molecular formula is C30H46O4Si. The molecule has 1 unspecified atom stereocenters. The molecule has 0 N–H and O–H groups in total. The molecule has 1 aliphatic heterocycles. The molecule has 3 atom stereocenters. The highest BCUT2D eigenvalue weighted by Crippen LogP contribution is 2.41. The molecule has 35 heavy (non-hydrogen) atoms. The first kappa shape index (κ1) is 29.4. The number of hydrogen-bond donors (Lipinski definition) is 0. The van der Waals surface area contributed by atoms with Crippen molar-refractivity contribution in [1.82, 2.24) is 0 Å². The van der Waals surface area contributed by atoms with Crippen LogP contribution in [-0.2, 0) is 20.3 Å². The van der Waals surface area contributed by atoms with E-state index in [2.05, 4.69) is 71.9 Å². The van der Waals surface area contributed by atoms with E-state index in [1.165, 1.54) is 6.42 Å². The lowest BCUT2D eigenvalue weighted by Gasteiger charge is -2.38. The van der Waals surface area contributed by atoms with Crippen molar-refractivity contribution in [1.29, 1.82) is 0 Å². The highest BCUT2D eigenvalue weighted by atomic mass is 28.4. The van der Waals surface area contributed by atoms with E-state index in [0.29, 0.717) is 13.0 Å².